The lowest BCUT2D eigenvalue weighted by atomic mass is 9.94. The predicted octanol–water partition coefficient (Wildman–Crippen LogP) is 2.09. The fraction of sp³-hybridized carbons (Fsp3) is 0.417. The molecule has 0 spiro atoms. The predicted molar refractivity (Wildman–Crippen MR) is 66.9 cm³/mol. The molecule has 0 fully saturated rings. The number of benzene rings is 1. The highest BCUT2D eigenvalue weighted by atomic mass is 35.5. The third-order valence-electron chi connectivity index (χ3n) is 2.76. The van der Waals surface area contributed by atoms with Gasteiger partial charge in [-0.2, -0.15) is 0 Å². The minimum Gasteiger partial charge on any atom is -0.496 e. The zero-order valence-corrected chi connectivity index (χ0v) is 10.8. The van der Waals surface area contributed by atoms with E-state index in [1.54, 1.807) is 13.0 Å². The van der Waals surface area contributed by atoms with Crippen molar-refractivity contribution < 1.29 is 14.6 Å². The number of nitrogens with two attached hydrogens (primary N) is 1. The highest BCUT2D eigenvalue weighted by Crippen LogP contribution is 2.36. The van der Waals surface area contributed by atoms with Crippen LogP contribution in [0.3, 0.4) is 0 Å². The molecule has 0 aliphatic carbocycles. The highest BCUT2D eigenvalue weighted by Gasteiger charge is 2.24. The van der Waals surface area contributed by atoms with Gasteiger partial charge in [-0.25, -0.2) is 0 Å². The van der Waals surface area contributed by atoms with Crippen molar-refractivity contribution >= 4 is 17.6 Å². The molecule has 0 bridgehead atoms. The average molecular weight is 258 g/mol. The van der Waals surface area contributed by atoms with Crippen molar-refractivity contribution in [1.82, 2.24) is 0 Å². The van der Waals surface area contributed by atoms with Gasteiger partial charge in [0, 0.05) is 17.7 Å². The Balaban J connectivity index is 3.46. The Morgan fingerprint density at radius 1 is 1.59 bits per heavy atom. The molecule has 94 valence electrons. The highest BCUT2D eigenvalue weighted by molar-refractivity contribution is 6.32. The molecule has 17 heavy (non-hydrogen) atoms. The van der Waals surface area contributed by atoms with Crippen LogP contribution in [0.25, 0.3) is 0 Å². The molecule has 1 rings (SSSR count). The van der Waals surface area contributed by atoms with Crippen LogP contribution in [-0.4, -0.2) is 24.7 Å². The normalized spacial score (nSPS) is 12.3. The zero-order valence-electron chi connectivity index (χ0n) is 10.1. The largest absolute Gasteiger partial charge is 0.496 e. The summed E-state index contributed by atoms with van der Waals surface area (Å²) in [5.41, 5.74) is 7.63. The lowest BCUT2D eigenvalue weighted by molar-refractivity contribution is -0.138. The van der Waals surface area contributed by atoms with Crippen molar-refractivity contribution in [2.24, 2.45) is 5.73 Å². The third-order valence-corrected chi connectivity index (χ3v) is 3.35. The Bertz CT molecular complexity index is 446. The van der Waals surface area contributed by atoms with Gasteiger partial charge in [0.15, 0.2) is 0 Å². The number of carboxylic acid groups (broad SMARTS) is 1. The van der Waals surface area contributed by atoms with Gasteiger partial charge in [-0.3, -0.25) is 4.79 Å². The van der Waals surface area contributed by atoms with Crippen LogP contribution < -0.4 is 10.5 Å². The molecule has 0 saturated heterocycles. The van der Waals surface area contributed by atoms with Gasteiger partial charge < -0.3 is 15.6 Å². The number of rotatable bonds is 4. The second-order valence-corrected chi connectivity index (χ2v) is 4.26. The number of carboxylic acids is 1. The van der Waals surface area contributed by atoms with Gasteiger partial charge in [0.2, 0.25) is 0 Å². The van der Waals surface area contributed by atoms with E-state index >= 15 is 0 Å². The van der Waals surface area contributed by atoms with Gasteiger partial charge in [-0.15, -0.1) is 0 Å². The van der Waals surface area contributed by atoms with E-state index in [2.05, 4.69) is 0 Å². The van der Waals surface area contributed by atoms with Gasteiger partial charge in [0.25, 0.3) is 0 Å². The quantitative estimate of drug-likeness (QED) is 0.866. The van der Waals surface area contributed by atoms with Crippen LogP contribution in [0.4, 0.5) is 0 Å². The second kappa shape index (κ2) is 5.38. The molecule has 1 aromatic carbocycles. The molecule has 0 saturated carbocycles. The van der Waals surface area contributed by atoms with Crippen molar-refractivity contribution in [3.8, 4) is 5.75 Å². The molecule has 0 aliphatic rings. The van der Waals surface area contributed by atoms with Crippen LogP contribution in [0.5, 0.6) is 5.75 Å². The van der Waals surface area contributed by atoms with Gasteiger partial charge in [0.1, 0.15) is 5.75 Å². The first kappa shape index (κ1) is 13.8. The summed E-state index contributed by atoms with van der Waals surface area (Å²) < 4.78 is 5.24. The molecule has 1 atom stereocenters. The number of hydrogen-bond acceptors (Lipinski definition) is 3. The third kappa shape index (κ3) is 2.53. The number of halogens is 1. The Kier molecular flexibility index (Phi) is 4.37. The van der Waals surface area contributed by atoms with E-state index in [-0.39, 0.29) is 6.54 Å². The summed E-state index contributed by atoms with van der Waals surface area (Å²) in [6.07, 6.45) is 0. The number of aryl methyl sites for hydroxylation is 1. The lowest BCUT2D eigenvalue weighted by Gasteiger charge is -2.18. The first-order valence-electron chi connectivity index (χ1n) is 5.20. The van der Waals surface area contributed by atoms with E-state index in [0.717, 1.165) is 11.1 Å². The number of carbonyl (C=O) groups is 1. The van der Waals surface area contributed by atoms with Gasteiger partial charge in [-0.1, -0.05) is 11.6 Å². The summed E-state index contributed by atoms with van der Waals surface area (Å²) in [6.45, 7) is 3.65. The molecule has 0 aliphatic heterocycles. The molecule has 3 N–H and O–H groups in total. The minimum absolute atomic E-state index is 0.0200. The van der Waals surface area contributed by atoms with Gasteiger partial charge >= 0.3 is 5.97 Å². The van der Waals surface area contributed by atoms with Crippen LogP contribution in [0.15, 0.2) is 6.07 Å². The standard InChI is InChI=1S/C12H16ClNO3/c1-6-4-8(9(5-14)12(15)16)11(17-3)7(2)10(6)13/h4,9H,5,14H2,1-3H3,(H,15,16). The van der Waals surface area contributed by atoms with Crippen molar-refractivity contribution in [2.75, 3.05) is 13.7 Å². The molecule has 1 aromatic rings. The van der Waals surface area contributed by atoms with Crippen LogP contribution in [0.1, 0.15) is 22.6 Å². The lowest BCUT2D eigenvalue weighted by Crippen LogP contribution is -2.22. The fourth-order valence-corrected chi connectivity index (χ4v) is 2.01. The van der Waals surface area contributed by atoms with E-state index in [0.29, 0.717) is 16.3 Å². The first-order chi connectivity index (χ1) is 7.93. The van der Waals surface area contributed by atoms with Crippen molar-refractivity contribution in [3.05, 3.63) is 27.8 Å². The summed E-state index contributed by atoms with van der Waals surface area (Å²) in [5, 5.41) is 9.72. The number of hydrogen-bond donors (Lipinski definition) is 2. The van der Waals surface area contributed by atoms with Crippen LogP contribution in [0.2, 0.25) is 5.02 Å². The Labute approximate surface area is 105 Å². The maximum absolute atomic E-state index is 11.1. The number of methoxy groups -OCH3 is 1. The van der Waals surface area contributed by atoms with E-state index < -0.39 is 11.9 Å². The summed E-state index contributed by atoms with van der Waals surface area (Å²) in [6, 6.07) is 1.72. The Morgan fingerprint density at radius 3 is 2.59 bits per heavy atom. The summed E-state index contributed by atoms with van der Waals surface area (Å²) in [7, 11) is 1.49. The summed E-state index contributed by atoms with van der Waals surface area (Å²) in [5.74, 6) is -1.25. The minimum atomic E-state index is -0.966. The molecule has 0 amide bonds. The topological polar surface area (TPSA) is 72.5 Å². The molecule has 5 heteroatoms. The SMILES string of the molecule is COc1c(C(CN)C(=O)O)cc(C)c(Cl)c1C. The molecule has 1 unspecified atom stereocenters. The molecular formula is C12H16ClNO3. The molecule has 4 nitrogen and oxygen atoms in total. The van der Waals surface area contributed by atoms with Crippen LogP contribution >= 0.6 is 11.6 Å². The number of ether oxygens (including phenoxy) is 1. The van der Waals surface area contributed by atoms with Gasteiger partial charge in [0.05, 0.1) is 18.1 Å². The first-order valence-corrected chi connectivity index (χ1v) is 5.58. The Morgan fingerprint density at radius 2 is 2.18 bits per heavy atom. The smallest absolute Gasteiger partial charge is 0.312 e. The Hall–Kier alpha value is -1.26. The molecule has 0 radical (unpaired) electrons. The zero-order chi connectivity index (χ0) is 13.2. The van der Waals surface area contributed by atoms with E-state index in [9.17, 15) is 4.79 Å². The second-order valence-electron chi connectivity index (χ2n) is 3.88. The fourth-order valence-electron chi connectivity index (χ4n) is 1.86. The van der Waals surface area contributed by atoms with Gasteiger partial charge in [-0.05, 0) is 25.5 Å². The molecule has 0 heterocycles. The van der Waals surface area contributed by atoms with Crippen LogP contribution in [0, 0.1) is 13.8 Å². The van der Waals surface area contributed by atoms with Crippen molar-refractivity contribution in [1.29, 1.82) is 0 Å². The number of aliphatic carboxylic acids is 1. The maximum Gasteiger partial charge on any atom is 0.312 e. The van der Waals surface area contributed by atoms with Crippen LogP contribution in [-0.2, 0) is 4.79 Å². The van der Waals surface area contributed by atoms with E-state index in [4.69, 9.17) is 27.2 Å². The van der Waals surface area contributed by atoms with Crippen molar-refractivity contribution in [3.63, 3.8) is 0 Å². The average Bonchev–Trinajstić information content (AvgIpc) is 2.27. The molecule has 0 aromatic heterocycles. The molecular weight excluding hydrogens is 242 g/mol. The maximum atomic E-state index is 11.1. The van der Waals surface area contributed by atoms with E-state index in [1.807, 2.05) is 6.92 Å². The van der Waals surface area contributed by atoms with Crippen molar-refractivity contribution in [2.45, 2.75) is 19.8 Å². The monoisotopic (exact) mass is 257 g/mol. The summed E-state index contributed by atoms with van der Waals surface area (Å²) >= 11 is 6.10. The van der Waals surface area contributed by atoms with E-state index in [1.165, 1.54) is 7.11 Å². The summed E-state index contributed by atoms with van der Waals surface area (Å²) in [4.78, 5) is 11.1.